The van der Waals surface area contributed by atoms with Crippen molar-refractivity contribution < 1.29 is 9.32 Å². The molecule has 0 aromatic carbocycles. The molecule has 2 aromatic rings. The molecule has 0 amide bonds. The fourth-order valence-corrected chi connectivity index (χ4v) is 1.61. The largest absolute Gasteiger partial charge is 0.362 e. The summed E-state index contributed by atoms with van der Waals surface area (Å²) in [5, 5.41) is 3.63. The maximum atomic E-state index is 10.7. The van der Waals surface area contributed by atoms with Gasteiger partial charge in [-0.2, -0.15) is 0 Å². The molecule has 0 atom stereocenters. The van der Waals surface area contributed by atoms with E-state index in [1.54, 1.807) is 12.5 Å². The molecule has 4 heteroatoms. The van der Waals surface area contributed by atoms with Crippen molar-refractivity contribution in [3.8, 4) is 5.69 Å². The van der Waals surface area contributed by atoms with Gasteiger partial charge < -0.3 is 9.09 Å². The van der Waals surface area contributed by atoms with Crippen LogP contribution >= 0.6 is 0 Å². The highest BCUT2D eigenvalue weighted by Crippen LogP contribution is 2.18. The summed E-state index contributed by atoms with van der Waals surface area (Å²) in [4.78, 5) is 10.7. The lowest BCUT2D eigenvalue weighted by Crippen LogP contribution is -1.97. The topological polar surface area (TPSA) is 48.0 Å². The Morgan fingerprint density at radius 3 is 2.79 bits per heavy atom. The number of carbonyl (C=O) groups is 1. The molecule has 4 nitrogen and oxygen atoms in total. The molecule has 0 aliphatic carbocycles. The second kappa shape index (κ2) is 3.14. The number of nitrogens with zero attached hydrogens (tertiary/aromatic N) is 2. The average Bonchev–Trinajstić information content (AvgIpc) is 2.74. The Hall–Kier alpha value is -1.84. The van der Waals surface area contributed by atoms with Gasteiger partial charge in [-0.1, -0.05) is 5.16 Å². The fourth-order valence-electron chi connectivity index (χ4n) is 1.61. The van der Waals surface area contributed by atoms with E-state index >= 15 is 0 Å². The quantitative estimate of drug-likeness (QED) is 0.679. The van der Waals surface area contributed by atoms with Crippen molar-refractivity contribution in [1.29, 1.82) is 0 Å². The molecule has 0 bridgehead atoms. The molecule has 0 radical (unpaired) electrons. The summed E-state index contributed by atoms with van der Waals surface area (Å²) in [6.45, 7) is 3.83. The average molecular weight is 190 g/mol. The van der Waals surface area contributed by atoms with E-state index in [0.29, 0.717) is 5.56 Å². The lowest BCUT2D eigenvalue weighted by Gasteiger charge is -2.03. The Morgan fingerprint density at radius 1 is 1.50 bits per heavy atom. The molecule has 2 aromatic heterocycles. The van der Waals surface area contributed by atoms with Gasteiger partial charge in [0.25, 0.3) is 0 Å². The van der Waals surface area contributed by atoms with E-state index in [1.807, 2.05) is 24.5 Å². The molecule has 0 aliphatic rings. The van der Waals surface area contributed by atoms with Crippen molar-refractivity contribution in [3.05, 3.63) is 35.5 Å². The highest BCUT2D eigenvalue weighted by Gasteiger charge is 2.10. The molecule has 2 heterocycles. The summed E-state index contributed by atoms with van der Waals surface area (Å²) in [5.74, 6) is 0. The zero-order chi connectivity index (χ0) is 10.1. The van der Waals surface area contributed by atoms with Crippen LogP contribution < -0.4 is 0 Å². The van der Waals surface area contributed by atoms with Crippen LogP contribution in [0.2, 0.25) is 0 Å². The van der Waals surface area contributed by atoms with Gasteiger partial charge in [-0.15, -0.1) is 0 Å². The number of aldehydes is 1. The van der Waals surface area contributed by atoms with Crippen molar-refractivity contribution in [2.75, 3.05) is 0 Å². The van der Waals surface area contributed by atoms with Gasteiger partial charge in [0.15, 0.2) is 6.29 Å². The zero-order valence-corrected chi connectivity index (χ0v) is 8.02. The molecule has 0 aliphatic heterocycles. The van der Waals surface area contributed by atoms with Gasteiger partial charge in [0.2, 0.25) is 0 Å². The molecule has 0 unspecified atom stereocenters. The van der Waals surface area contributed by atoms with Gasteiger partial charge >= 0.3 is 0 Å². The van der Waals surface area contributed by atoms with Crippen LogP contribution in [-0.4, -0.2) is 16.0 Å². The minimum absolute atomic E-state index is 0.698. The van der Waals surface area contributed by atoms with Gasteiger partial charge in [-0.05, 0) is 19.9 Å². The minimum atomic E-state index is 0.698. The normalized spacial score (nSPS) is 10.4. The second-order valence-electron chi connectivity index (χ2n) is 3.16. The molecular formula is C10H10N2O2. The summed E-state index contributed by atoms with van der Waals surface area (Å²) < 4.78 is 6.69. The van der Waals surface area contributed by atoms with Gasteiger partial charge in [0.1, 0.15) is 12.0 Å². The van der Waals surface area contributed by atoms with Crippen LogP contribution in [0.4, 0.5) is 0 Å². The molecular weight excluding hydrogens is 180 g/mol. The van der Waals surface area contributed by atoms with Crippen LogP contribution in [0, 0.1) is 13.8 Å². The first-order valence-electron chi connectivity index (χ1n) is 4.28. The first-order chi connectivity index (χ1) is 6.74. The summed E-state index contributed by atoms with van der Waals surface area (Å²) in [7, 11) is 0. The van der Waals surface area contributed by atoms with Crippen molar-refractivity contribution >= 4 is 6.29 Å². The Bertz CT molecular complexity index is 455. The van der Waals surface area contributed by atoms with Gasteiger partial charge in [0, 0.05) is 17.0 Å². The van der Waals surface area contributed by atoms with Crippen LogP contribution in [-0.2, 0) is 0 Å². The van der Waals surface area contributed by atoms with E-state index in [0.717, 1.165) is 23.4 Å². The number of carbonyl (C=O) groups excluding carboxylic acids is 1. The summed E-state index contributed by atoms with van der Waals surface area (Å²) >= 11 is 0. The number of aryl methyl sites for hydroxylation is 1. The molecule has 14 heavy (non-hydrogen) atoms. The monoisotopic (exact) mass is 190 g/mol. The van der Waals surface area contributed by atoms with E-state index < -0.39 is 0 Å². The Morgan fingerprint density at radius 2 is 2.29 bits per heavy atom. The number of aromatic nitrogens is 2. The Labute approximate surface area is 81.1 Å². The third-order valence-electron chi connectivity index (χ3n) is 2.27. The number of rotatable bonds is 2. The van der Waals surface area contributed by atoms with Crippen molar-refractivity contribution in [3.63, 3.8) is 0 Å². The molecule has 0 saturated heterocycles. The molecule has 72 valence electrons. The van der Waals surface area contributed by atoms with Gasteiger partial charge in [-0.25, -0.2) is 0 Å². The van der Waals surface area contributed by atoms with Gasteiger partial charge in [0.05, 0.1) is 6.20 Å². The molecule has 0 fully saturated rings. The summed E-state index contributed by atoms with van der Waals surface area (Å²) in [6.07, 6.45) is 4.02. The number of hydrogen-bond donors (Lipinski definition) is 0. The summed E-state index contributed by atoms with van der Waals surface area (Å²) in [6, 6.07) is 1.84. The van der Waals surface area contributed by atoms with Crippen molar-refractivity contribution in [2.24, 2.45) is 0 Å². The molecule has 0 saturated carbocycles. The first-order valence-corrected chi connectivity index (χ1v) is 4.28. The van der Waals surface area contributed by atoms with Crippen LogP contribution in [0.1, 0.15) is 21.7 Å². The van der Waals surface area contributed by atoms with Crippen LogP contribution in [0.25, 0.3) is 5.69 Å². The van der Waals surface area contributed by atoms with E-state index in [-0.39, 0.29) is 0 Å². The predicted octanol–water partition coefficient (Wildman–Crippen LogP) is 1.89. The van der Waals surface area contributed by atoms with Crippen molar-refractivity contribution in [2.45, 2.75) is 13.8 Å². The van der Waals surface area contributed by atoms with Crippen LogP contribution in [0.5, 0.6) is 0 Å². The Kier molecular flexibility index (Phi) is 1.96. The maximum Gasteiger partial charge on any atom is 0.151 e. The fraction of sp³-hybridized carbons (Fsp3) is 0.200. The van der Waals surface area contributed by atoms with Gasteiger partial charge in [-0.3, -0.25) is 4.79 Å². The molecule has 0 spiro atoms. The molecule has 0 N–H and O–H groups in total. The van der Waals surface area contributed by atoms with E-state index in [4.69, 9.17) is 4.52 Å². The molecule has 2 rings (SSSR count). The number of hydrogen-bond acceptors (Lipinski definition) is 3. The van der Waals surface area contributed by atoms with E-state index in [2.05, 4.69) is 5.16 Å². The summed E-state index contributed by atoms with van der Waals surface area (Å²) in [5.41, 5.74) is 3.44. The van der Waals surface area contributed by atoms with Crippen LogP contribution in [0.3, 0.4) is 0 Å². The maximum absolute atomic E-state index is 10.7. The minimum Gasteiger partial charge on any atom is -0.362 e. The smallest absolute Gasteiger partial charge is 0.151 e. The Balaban J connectivity index is 2.64. The SMILES string of the molecule is Cc1cc(C=O)c(C)n1-c1cnoc1. The zero-order valence-electron chi connectivity index (χ0n) is 8.02. The lowest BCUT2D eigenvalue weighted by molar-refractivity contribution is 0.112. The van der Waals surface area contributed by atoms with Crippen molar-refractivity contribution in [1.82, 2.24) is 9.72 Å². The third-order valence-corrected chi connectivity index (χ3v) is 2.27. The first kappa shape index (κ1) is 8.74. The predicted molar refractivity (Wildman–Crippen MR) is 50.7 cm³/mol. The lowest BCUT2D eigenvalue weighted by atomic mass is 10.3. The standard InChI is InChI=1S/C10H10N2O2/c1-7-3-9(5-13)8(2)12(7)10-4-11-14-6-10/h3-6H,1-2H3. The highest BCUT2D eigenvalue weighted by atomic mass is 16.5. The van der Waals surface area contributed by atoms with E-state index in [1.165, 1.54) is 0 Å². The third kappa shape index (κ3) is 1.16. The highest BCUT2D eigenvalue weighted by molar-refractivity contribution is 5.77. The second-order valence-corrected chi connectivity index (χ2v) is 3.16. The van der Waals surface area contributed by atoms with Crippen LogP contribution in [0.15, 0.2) is 23.0 Å². The van der Waals surface area contributed by atoms with E-state index in [9.17, 15) is 4.79 Å².